The Morgan fingerprint density at radius 2 is 1.78 bits per heavy atom. The Bertz CT molecular complexity index is 1380. The molecule has 0 spiro atoms. The second-order valence-electron chi connectivity index (χ2n) is 11.8. The van der Waals surface area contributed by atoms with Gasteiger partial charge in [-0.2, -0.15) is 0 Å². The van der Waals surface area contributed by atoms with Crippen LogP contribution in [0.1, 0.15) is 37.3 Å². The molecule has 1 N–H and O–H groups in total. The van der Waals surface area contributed by atoms with Crippen molar-refractivity contribution in [1.82, 2.24) is 19.4 Å². The first-order valence-electron chi connectivity index (χ1n) is 13.7. The average molecular weight is 517 g/mol. The van der Waals surface area contributed by atoms with E-state index in [1.165, 1.54) is 18.4 Å². The first-order valence-corrected chi connectivity index (χ1v) is 17.4. The van der Waals surface area contributed by atoms with E-state index in [9.17, 15) is 4.79 Å². The van der Waals surface area contributed by atoms with E-state index in [2.05, 4.69) is 75.5 Å². The number of hydrogen-bond acceptors (Lipinski definition) is 4. The molecule has 1 aliphatic carbocycles. The fourth-order valence-corrected chi connectivity index (χ4v) is 6.25. The zero-order valence-corrected chi connectivity index (χ0v) is 23.5. The summed E-state index contributed by atoms with van der Waals surface area (Å²) >= 11 is 0. The lowest BCUT2D eigenvalue weighted by atomic mass is 9.85. The van der Waals surface area contributed by atoms with Crippen molar-refractivity contribution in [2.45, 2.75) is 70.7 Å². The third-order valence-corrected chi connectivity index (χ3v) is 9.42. The highest BCUT2D eigenvalue weighted by Crippen LogP contribution is 2.35. The van der Waals surface area contributed by atoms with Gasteiger partial charge in [0.25, 0.3) is 0 Å². The van der Waals surface area contributed by atoms with Crippen LogP contribution >= 0.6 is 0 Å². The number of fused-ring (bicyclic) bond motifs is 3. The smallest absolute Gasteiger partial charge is 0.190 e. The number of benzene rings is 1. The summed E-state index contributed by atoms with van der Waals surface area (Å²) < 4.78 is 10.4. The van der Waals surface area contributed by atoms with Crippen molar-refractivity contribution >= 4 is 30.0 Å². The van der Waals surface area contributed by atoms with Gasteiger partial charge in [0.15, 0.2) is 5.43 Å². The highest BCUT2D eigenvalue weighted by atomic mass is 28.3. The molecule has 5 rings (SSSR count). The number of hydrogen-bond donors (Lipinski definition) is 1. The number of ether oxygens (including phenoxy) is 1. The fraction of sp³-hybridized carbons (Fsp3) is 0.467. The molecular formula is C30H40N4O2Si. The summed E-state index contributed by atoms with van der Waals surface area (Å²) in [6, 6.07) is 16.0. The minimum atomic E-state index is -1.12. The molecule has 3 heterocycles. The zero-order valence-electron chi connectivity index (χ0n) is 22.5. The van der Waals surface area contributed by atoms with Crippen LogP contribution in [0.2, 0.25) is 25.7 Å². The van der Waals surface area contributed by atoms with Crippen LogP contribution in [0.15, 0.2) is 65.8 Å². The molecule has 0 aliphatic heterocycles. The number of pyridine rings is 2. The molecule has 37 heavy (non-hydrogen) atoms. The van der Waals surface area contributed by atoms with Gasteiger partial charge in [0, 0.05) is 57.3 Å². The summed E-state index contributed by atoms with van der Waals surface area (Å²) in [5.41, 5.74) is 3.28. The molecule has 7 heteroatoms. The Kier molecular flexibility index (Phi) is 7.93. The minimum Gasteiger partial charge on any atom is -0.361 e. The van der Waals surface area contributed by atoms with Crippen molar-refractivity contribution in [2.75, 3.05) is 13.2 Å². The summed E-state index contributed by atoms with van der Waals surface area (Å²) in [7, 11) is -1.12. The third kappa shape index (κ3) is 6.22. The van der Waals surface area contributed by atoms with E-state index in [-0.39, 0.29) is 5.43 Å². The number of nitrogens with one attached hydrogen (secondary N) is 1. The maximum atomic E-state index is 12.8. The zero-order chi connectivity index (χ0) is 25.8. The Morgan fingerprint density at radius 1 is 1.00 bits per heavy atom. The molecule has 1 aromatic carbocycles. The van der Waals surface area contributed by atoms with Crippen LogP contribution in [0.3, 0.4) is 0 Å². The minimum absolute atomic E-state index is 0.0404. The lowest BCUT2D eigenvalue weighted by molar-refractivity contribution is 0.0899. The van der Waals surface area contributed by atoms with Gasteiger partial charge in [0.2, 0.25) is 0 Å². The molecule has 196 valence electrons. The van der Waals surface area contributed by atoms with Gasteiger partial charge in [-0.1, -0.05) is 50.0 Å². The van der Waals surface area contributed by atoms with Crippen LogP contribution in [-0.4, -0.2) is 35.3 Å². The van der Waals surface area contributed by atoms with Crippen molar-refractivity contribution in [1.29, 1.82) is 0 Å². The molecule has 0 radical (unpaired) electrons. The largest absolute Gasteiger partial charge is 0.361 e. The predicted molar refractivity (Wildman–Crippen MR) is 155 cm³/mol. The first kappa shape index (κ1) is 25.9. The van der Waals surface area contributed by atoms with Crippen molar-refractivity contribution in [3.63, 3.8) is 0 Å². The second kappa shape index (κ2) is 11.3. The fourth-order valence-electron chi connectivity index (χ4n) is 5.49. The molecule has 1 aliphatic rings. The third-order valence-electron chi connectivity index (χ3n) is 7.71. The predicted octanol–water partition coefficient (Wildman–Crippen LogP) is 6.18. The maximum Gasteiger partial charge on any atom is 0.190 e. The Labute approximate surface area is 220 Å². The molecule has 0 amide bonds. The summed E-state index contributed by atoms with van der Waals surface area (Å²) in [5.74, 6) is 0.696. The van der Waals surface area contributed by atoms with Gasteiger partial charge in [0.1, 0.15) is 12.4 Å². The molecular weight excluding hydrogens is 476 g/mol. The van der Waals surface area contributed by atoms with E-state index in [1.54, 1.807) is 12.3 Å². The van der Waals surface area contributed by atoms with E-state index < -0.39 is 8.07 Å². The van der Waals surface area contributed by atoms with Gasteiger partial charge >= 0.3 is 0 Å². The molecule has 1 fully saturated rings. The summed E-state index contributed by atoms with van der Waals surface area (Å²) in [4.78, 5) is 17.5. The number of rotatable bonds is 10. The van der Waals surface area contributed by atoms with Gasteiger partial charge < -0.3 is 19.2 Å². The summed E-state index contributed by atoms with van der Waals surface area (Å²) in [5, 5.41) is 5.40. The molecule has 0 unspecified atom stereocenters. The van der Waals surface area contributed by atoms with Crippen LogP contribution in [-0.2, 0) is 18.0 Å². The van der Waals surface area contributed by atoms with E-state index in [0.717, 1.165) is 55.1 Å². The maximum absolute atomic E-state index is 12.8. The van der Waals surface area contributed by atoms with Crippen molar-refractivity contribution < 1.29 is 4.74 Å². The monoisotopic (exact) mass is 516 g/mol. The van der Waals surface area contributed by atoms with Gasteiger partial charge in [-0.25, -0.2) is 4.98 Å². The summed E-state index contributed by atoms with van der Waals surface area (Å²) in [6.07, 6.45) is 10.4. The standard InChI is InChI=1S/C30H40N4O2Si/c1-37(2,3)18-17-36-22-33-15-13-26-29-27(21-32-30(26)33)28(35)14-16-34(29)25-11-9-24(10-12-25)20-31-19-23-7-5-4-6-8-23/h4-8,13-16,21,24-25,31H,9-12,17-20,22H2,1-3H3/t24-,25-. The van der Waals surface area contributed by atoms with Crippen LogP contribution in [0, 0.1) is 5.92 Å². The normalized spacial score (nSPS) is 18.6. The lowest BCUT2D eigenvalue weighted by Crippen LogP contribution is -2.27. The van der Waals surface area contributed by atoms with Gasteiger partial charge in [-0.05, 0) is 55.8 Å². The van der Waals surface area contributed by atoms with E-state index in [0.29, 0.717) is 24.1 Å². The van der Waals surface area contributed by atoms with E-state index in [4.69, 9.17) is 4.74 Å². The number of aromatic nitrogens is 3. The highest BCUT2D eigenvalue weighted by Gasteiger charge is 2.24. The average Bonchev–Trinajstić information content (AvgIpc) is 3.31. The SMILES string of the molecule is C[Si](C)(C)CCOCn1ccc2c1ncc1c(=O)ccn([C@H]3CC[C@H](CNCc4ccccc4)CC3)c12. The highest BCUT2D eigenvalue weighted by molar-refractivity contribution is 6.76. The van der Waals surface area contributed by atoms with Gasteiger partial charge in [-0.15, -0.1) is 0 Å². The van der Waals surface area contributed by atoms with Crippen molar-refractivity contribution in [3.8, 4) is 0 Å². The lowest BCUT2D eigenvalue weighted by Gasteiger charge is -2.31. The molecule has 4 aromatic rings. The quantitative estimate of drug-likeness (QED) is 0.202. The Morgan fingerprint density at radius 3 is 2.54 bits per heavy atom. The van der Waals surface area contributed by atoms with Crippen LogP contribution in [0.25, 0.3) is 21.9 Å². The molecule has 0 bridgehead atoms. The van der Waals surface area contributed by atoms with E-state index >= 15 is 0 Å². The van der Waals surface area contributed by atoms with Crippen LogP contribution in [0.5, 0.6) is 0 Å². The van der Waals surface area contributed by atoms with Crippen molar-refractivity contribution in [3.05, 3.63) is 76.8 Å². The van der Waals surface area contributed by atoms with Gasteiger partial charge in [-0.3, -0.25) is 4.79 Å². The number of nitrogens with zero attached hydrogens (tertiary/aromatic N) is 3. The van der Waals surface area contributed by atoms with E-state index in [1.807, 2.05) is 12.4 Å². The molecule has 1 saturated carbocycles. The molecule has 3 aromatic heterocycles. The molecule has 6 nitrogen and oxygen atoms in total. The van der Waals surface area contributed by atoms with Crippen LogP contribution in [0.4, 0.5) is 0 Å². The Hall–Kier alpha value is -2.74. The summed E-state index contributed by atoms with van der Waals surface area (Å²) in [6.45, 7) is 10.3. The second-order valence-corrected chi connectivity index (χ2v) is 17.4. The van der Waals surface area contributed by atoms with Crippen molar-refractivity contribution in [2.24, 2.45) is 5.92 Å². The molecule has 0 saturated heterocycles. The van der Waals surface area contributed by atoms with Gasteiger partial charge in [0.05, 0.1) is 10.9 Å². The first-order chi connectivity index (χ1) is 17.9. The Balaban J connectivity index is 1.29. The topological polar surface area (TPSA) is 61.1 Å². The van der Waals surface area contributed by atoms with Crippen LogP contribution < -0.4 is 10.7 Å². The molecule has 0 atom stereocenters.